The van der Waals surface area contributed by atoms with E-state index in [-0.39, 0.29) is 43.1 Å². The molecule has 0 saturated heterocycles. The van der Waals surface area contributed by atoms with E-state index in [2.05, 4.69) is 15.8 Å². The van der Waals surface area contributed by atoms with Crippen molar-refractivity contribution in [3.63, 3.8) is 0 Å². The van der Waals surface area contributed by atoms with E-state index in [1.165, 1.54) is 11.3 Å². The summed E-state index contributed by atoms with van der Waals surface area (Å²) in [6.45, 7) is 2.06. The fourth-order valence-corrected chi connectivity index (χ4v) is 4.18. The van der Waals surface area contributed by atoms with Gasteiger partial charge in [-0.25, -0.2) is 0 Å². The van der Waals surface area contributed by atoms with Gasteiger partial charge in [-0.15, -0.1) is 11.3 Å². The number of nitrogens with zero attached hydrogens (tertiary/aromatic N) is 2. The van der Waals surface area contributed by atoms with Gasteiger partial charge in [0, 0.05) is 29.8 Å². The maximum atomic E-state index is 12.8. The van der Waals surface area contributed by atoms with Crippen LogP contribution in [0.1, 0.15) is 55.6 Å². The molecule has 0 aromatic carbocycles. The standard InChI is InChI=1S/C21H28N4O4S/c1-15-12-18(24-29-15)25(14-17-8-5-11-30-17)21(28)10-9-19(26)22-13-20(27)23-16-6-3-2-4-7-16/h5,8,11-12,16H,2-4,6-7,9-10,13-14H2,1H3,(H,22,26)(H,23,27). The van der Waals surface area contributed by atoms with Crippen molar-refractivity contribution in [3.8, 4) is 0 Å². The lowest BCUT2D eigenvalue weighted by Crippen LogP contribution is -2.42. The molecule has 0 radical (unpaired) electrons. The van der Waals surface area contributed by atoms with Crippen molar-refractivity contribution in [3.05, 3.63) is 34.2 Å². The average molecular weight is 433 g/mol. The first-order chi connectivity index (χ1) is 14.5. The number of anilines is 1. The van der Waals surface area contributed by atoms with Gasteiger partial charge in [-0.3, -0.25) is 19.3 Å². The quantitative estimate of drug-likeness (QED) is 0.634. The molecular weight excluding hydrogens is 404 g/mol. The molecule has 9 heteroatoms. The fraction of sp³-hybridized carbons (Fsp3) is 0.524. The Morgan fingerprint density at radius 3 is 2.67 bits per heavy atom. The number of carbonyl (C=O) groups is 3. The Hall–Kier alpha value is -2.68. The van der Waals surface area contributed by atoms with Crippen LogP contribution >= 0.6 is 11.3 Å². The minimum absolute atomic E-state index is 0.00726. The average Bonchev–Trinajstić information content (AvgIpc) is 3.41. The zero-order valence-corrected chi connectivity index (χ0v) is 18.0. The van der Waals surface area contributed by atoms with E-state index in [1.54, 1.807) is 24.3 Å². The topological polar surface area (TPSA) is 105 Å². The summed E-state index contributed by atoms with van der Waals surface area (Å²) in [4.78, 5) is 39.4. The van der Waals surface area contributed by atoms with Crippen molar-refractivity contribution in [2.75, 3.05) is 11.4 Å². The third-order valence-corrected chi connectivity index (χ3v) is 5.93. The van der Waals surface area contributed by atoms with Crippen molar-refractivity contribution in [1.29, 1.82) is 0 Å². The Bertz CT molecular complexity index is 843. The molecule has 3 rings (SSSR count). The van der Waals surface area contributed by atoms with Gasteiger partial charge < -0.3 is 15.2 Å². The van der Waals surface area contributed by atoms with Gasteiger partial charge >= 0.3 is 0 Å². The largest absolute Gasteiger partial charge is 0.360 e. The molecule has 0 unspecified atom stereocenters. The first-order valence-electron chi connectivity index (χ1n) is 10.3. The van der Waals surface area contributed by atoms with Crippen LogP contribution < -0.4 is 15.5 Å². The normalized spacial score (nSPS) is 14.3. The Labute approximate surface area is 180 Å². The first-order valence-corrected chi connectivity index (χ1v) is 11.2. The zero-order chi connectivity index (χ0) is 21.3. The Morgan fingerprint density at radius 1 is 1.20 bits per heavy atom. The van der Waals surface area contributed by atoms with Gasteiger partial charge in [0.15, 0.2) is 5.82 Å². The van der Waals surface area contributed by atoms with Gasteiger partial charge in [-0.05, 0) is 31.2 Å². The van der Waals surface area contributed by atoms with Crippen LogP contribution in [0.5, 0.6) is 0 Å². The molecule has 1 saturated carbocycles. The highest BCUT2D eigenvalue weighted by atomic mass is 32.1. The molecule has 2 N–H and O–H groups in total. The SMILES string of the molecule is Cc1cc(N(Cc2cccs2)C(=O)CCC(=O)NCC(=O)NC2CCCCC2)no1. The van der Waals surface area contributed by atoms with Crippen molar-refractivity contribution in [1.82, 2.24) is 15.8 Å². The summed E-state index contributed by atoms with van der Waals surface area (Å²) in [5.41, 5.74) is 0. The number of rotatable bonds is 9. The second-order valence-corrected chi connectivity index (χ2v) is 8.57. The second kappa shape index (κ2) is 10.9. The van der Waals surface area contributed by atoms with Gasteiger partial charge in [-0.1, -0.05) is 30.5 Å². The highest BCUT2D eigenvalue weighted by Gasteiger charge is 2.21. The van der Waals surface area contributed by atoms with E-state index in [0.29, 0.717) is 18.1 Å². The maximum absolute atomic E-state index is 12.8. The summed E-state index contributed by atoms with van der Waals surface area (Å²) in [6, 6.07) is 5.76. The molecule has 2 aromatic rings. The predicted octanol–water partition coefficient (Wildman–Crippen LogP) is 2.92. The molecule has 1 aliphatic carbocycles. The van der Waals surface area contributed by atoms with Gasteiger partial charge in [0.25, 0.3) is 0 Å². The Kier molecular flexibility index (Phi) is 8.01. The molecule has 2 heterocycles. The minimum Gasteiger partial charge on any atom is -0.360 e. The number of amides is 3. The molecule has 1 fully saturated rings. The summed E-state index contributed by atoms with van der Waals surface area (Å²) in [6.07, 6.45) is 5.50. The van der Waals surface area contributed by atoms with Crippen LogP contribution in [-0.2, 0) is 20.9 Å². The number of hydrogen-bond acceptors (Lipinski definition) is 6. The third-order valence-electron chi connectivity index (χ3n) is 5.07. The van der Waals surface area contributed by atoms with Gasteiger partial charge in [0.1, 0.15) is 5.76 Å². The van der Waals surface area contributed by atoms with Crippen molar-refractivity contribution in [2.45, 2.75) is 64.5 Å². The molecule has 1 aliphatic rings. The summed E-state index contributed by atoms with van der Waals surface area (Å²) in [5, 5.41) is 11.4. The summed E-state index contributed by atoms with van der Waals surface area (Å²) >= 11 is 1.54. The van der Waals surface area contributed by atoms with E-state index in [0.717, 1.165) is 30.6 Å². The molecule has 3 amide bonds. The maximum Gasteiger partial charge on any atom is 0.239 e. The zero-order valence-electron chi connectivity index (χ0n) is 17.2. The lowest BCUT2D eigenvalue weighted by Gasteiger charge is -2.22. The van der Waals surface area contributed by atoms with Crippen LogP contribution in [0.25, 0.3) is 0 Å². The van der Waals surface area contributed by atoms with Crippen LogP contribution in [-0.4, -0.2) is 35.5 Å². The van der Waals surface area contributed by atoms with Crippen LogP contribution in [0.3, 0.4) is 0 Å². The van der Waals surface area contributed by atoms with Crippen molar-refractivity contribution < 1.29 is 18.9 Å². The summed E-state index contributed by atoms with van der Waals surface area (Å²) < 4.78 is 5.10. The van der Waals surface area contributed by atoms with Crippen LogP contribution in [0.2, 0.25) is 0 Å². The fourth-order valence-electron chi connectivity index (χ4n) is 3.48. The predicted molar refractivity (Wildman–Crippen MR) is 114 cm³/mol. The molecule has 0 spiro atoms. The molecule has 30 heavy (non-hydrogen) atoms. The van der Waals surface area contributed by atoms with Crippen LogP contribution in [0, 0.1) is 6.92 Å². The van der Waals surface area contributed by atoms with Crippen LogP contribution in [0.15, 0.2) is 28.1 Å². The molecule has 0 atom stereocenters. The van der Waals surface area contributed by atoms with E-state index in [1.807, 2.05) is 17.5 Å². The molecule has 0 aliphatic heterocycles. The molecule has 162 valence electrons. The van der Waals surface area contributed by atoms with E-state index in [9.17, 15) is 14.4 Å². The van der Waals surface area contributed by atoms with Crippen molar-refractivity contribution in [2.24, 2.45) is 0 Å². The lowest BCUT2D eigenvalue weighted by atomic mass is 9.95. The second-order valence-electron chi connectivity index (χ2n) is 7.53. The van der Waals surface area contributed by atoms with Gasteiger partial charge in [-0.2, -0.15) is 0 Å². The van der Waals surface area contributed by atoms with E-state index >= 15 is 0 Å². The summed E-state index contributed by atoms with van der Waals surface area (Å²) in [7, 11) is 0. The lowest BCUT2D eigenvalue weighted by molar-refractivity contribution is -0.127. The molecule has 2 aromatic heterocycles. The van der Waals surface area contributed by atoms with Crippen molar-refractivity contribution >= 4 is 34.9 Å². The number of nitrogens with one attached hydrogen (secondary N) is 2. The number of aromatic nitrogens is 1. The summed E-state index contributed by atoms with van der Waals surface area (Å²) in [5.74, 6) is 0.306. The van der Waals surface area contributed by atoms with E-state index < -0.39 is 0 Å². The first kappa shape index (κ1) is 22.0. The monoisotopic (exact) mass is 432 g/mol. The minimum atomic E-state index is -0.324. The number of aryl methyl sites for hydroxylation is 1. The van der Waals surface area contributed by atoms with E-state index in [4.69, 9.17) is 4.52 Å². The Morgan fingerprint density at radius 2 is 2.00 bits per heavy atom. The molecule has 0 bridgehead atoms. The molecule has 8 nitrogen and oxygen atoms in total. The highest BCUT2D eigenvalue weighted by molar-refractivity contribution is 7.09. The Balaban J connectivity index is 1.45. The number of carbonyl (C=O) groups excluding carboxylic acids is 3. The third kappa shape index (κ3) is 6.69. The number of hydrogen-bond donors (Lipinski definition) is 2. The van der Waals surface area contributed by atoms with Gasteiger partial charge in [0.2, 0.25) is 17.7 Å². The smallest absolute Gasteiger partial charge is 0.239 e. The number of thiophene rings is 1. The van der Waals surface area contributed by atoms with Gasteiger partial charge in [0.05, 0.1) is 13.1 Å². The molecular formula is C21H28N4O4S. The highest BCUT2D eigenvalue weighted by Crippen LogP contribution is 2.21. The van der Waals surface area contributed by atoms with Crippen LogP contribution in [0.4, 0.5) is 5.82 Å².